The molecule has 1 unspecified atom stereocenters. The van der Waals surface area contributed by atoms with Crippen LogP contribution in [-0.2, 0) is 10.8 Å². The van der Waals surface area contributed by atoms with Gasteiger partial charge in [0.1, 0.15) is 0 Å². The molecule has 0 aromatic rings. The van der Waals surface area contributed by atoms with Crippen molar-refractivity contribution in [3.63, 3.8) is 0 Å². The van der Waals surface area contributed by atoms with Crippen LogP contribution in [0.25, 0.3) is 0 Å². The van der Waals surface area contributed by atoms with E-state index in [2.05, 4.69) is 15.9 Å². The number of halogens is 1. The molecule has 66 valence electrons. The maximum atomic E-state index is 10.8. The van der Waals surface area contributed by atoms with Gasteiger partial charge in [0, 0.05) is 28.1 Å². The molecule has 1 fully saturated rings. The minimum Gasteiger partial charge on any atom is -0.260 e. The molecule has 0 heterocycles. The summed E-state index contributed by atoms with van der Waals surface area (Å²) in [6.45, 7) is 0. The van der Waals surface area contributed by atoms with Crippen molar-refractivity contribution in [2.24, 2.45) is 5.41 Å². The van der Waals surface area contributed by atoms with Crippen molar-refractivity contribution < 1.29 is 4.21 Å². The maximum absolute atomic E-state index is 10.8. The second-order valence-corrected chi connectivity index (χ2v) is 5.63. The van der Waals surface area contributed by atoms with Gasteiger partial charge in [0.2, 0.25) is 0 Å². The molecule has 0 aliphatic heterocycles. The van der Waals surface area contributed by atoms with E-state index in [4.69, 9.17) is 0 Å². The van der Waals surface area contributed by atoms with Crippen molar-refractivity contribution in [2.45, 2.75) is 25.7 Å². The molecular formula is C8H15BrOS. The topological polar surface area (TPSA) is 17.1 Å². The summed E-state index contributed by atoms with van der Waals surface area (Å²) >= 11 is 3.53. The monoisotopic (exact) mass is 238 g/mol. The number of rotatable bonds is 4. The highest BCUT2D eigenvalue weighted by Gasteiger charge is 2.35. The molecule has 1 saturated carbocycles. The Labute approximate surface area is 79.5 Å². The van der Waals surface area contributed by atoms with Gasteiger partial charge >= 0.3 is 0 Å². The molecule has 1 aliphatic rings. The van der Waals surface area contributed by atoms with Gasteiger partial charge in [0.25, 0.3) is 0 Å². The first-order valence-corrected chi connectivity index (χ1v) is 6.89. The largest absolute Gasteiger partial charge is 0.260 e. The Balaban J connectivity index is 2.27. The van der Waals surface area contributed by atoms with Crippen LogP contribution >= 0.6 is 15.9 Å². The third kappa shape index (κ3) is 2.55. The highest BCUT2D eigenvalue weighted by molar-refractivity contribution is 9.09. The zero-order valence-corrected chi connectivity index (χ0v) is 9.34. The lowest BCUT2D eigenvalue weighted by molar-refractivity contribution is 0.165. The molecule has 0 aromatic carbocycles. The fourth-order valence-electron chi connectivity index (χ4n) is 1.49. The first-order valence-electron chi connectivity index (χ1n) is 4.05. The van der Waals surface area contributed by atoms with Crippen molar-refractivity contribution >= 4 is 26.7 Å². The van der Waals surface area contributed by atoms with Gasteiger partial charge < -0.3 is 0 Å². The number of hydrogen-bond donors (Lipinski definition) is 0. The Hall–Kier alpha value is 0.630. The molecule has 3 heteroatoms. The Kier molecular flexibility index (Phi) is 3.56. The van der Waals surface area contributed by atoms with E-state index in [0.717, 1.165) is 17.5 Å². The molecule has 1 nitrogen and oxygen atoms in total. The van der Waals surface area contributed by atoms with Crippen LogP contribution in [0.4, 0.5) is 0 Å². The van der Waals surface area contributed by atoms with Crippen LogP contribution in [0.1, 0.15) is 25.7 Å². The van der Waals surface area contributed by atoms with Crippen LogP contribution in [0.15, 0.2) is 0 Å². The predicted molar refractivity (Wildman–Crippen MR) is 53.6 cm³/mol. The zero-order chi connectivity index (χ0) is 8.32. The van der Waals surface area contributed by atoms with E-state index in [0.29, 0.717) is 5.41 Å². The average molecular weight is 239 g/mol. The summed E-state index contributed by atoms with van der Waals surface area (Å²) in [6, 6.07) is 0. The van der Waals surface area contributed by atoms with E-state index < -0.39 is 10.8 Å². The van der Waals surface area contributed by atoms with E-state index in [1.165, 1.54) is 19.3 Å². The molecular weight excluding hydrogens is 224 g/mol. The Morgan fingerprint density at radius 3 is 2.45 bits per heavy atom. The van der Waals surface area contributed by atoms with Gasteiger partial charge in [0.05, 0.1) is 0 Å². The molecule has 0 bridgehead atoms. The standard InChI is InChI=1S/C8H15BrOS/c1-11(10)6-5-8(7-9)3-2-4-8/h2-7H2,1H3. The normalized spacial score (nSPS) is 24.2. The van der Waals surface area contributed by atoms with Crippen LogP contribution in [0.3, 0.4) is 0 Å². The van der Waals surface area contributed by atoms with Gasteiger partial charge in [-0.1, -0.05) is 22.4 Å². The fraction of sp³-hybridized carbons (Fsp3) is 1.00. The summed E-state index contributed by atoms with van der Waals surface area (Å²) in [4.78, 5) is 0. The lowest BCUT2D eigenvalue weighted by atomic mass is 9.69. The van der Waals surface area contributed by atoms with Crippen molar-refractivity contribution in [1.82, 2.24) is 0 Å². The zero-order valence-electron chi connectivity index (χ0n) is 6.94. The number of alkyl halides is 1. The third-order valence-corrected chi connectivity index (χ3v) is 4.59. The minimum absolute atomic E-state index is 0.520. The fourth-order valence-corrected chi connectivity index (χ4v) is 3.05. The van der Waals surface area contributed by atoms with Crippen molar-refractivity contribution in [3.05, 3.63) is 0 Å². The Morgan fingerprint density at radius 2 is 2.18 bits per heavy atom. The van der Waals surface area contributed by atoms with E-state index in [9.17, 15) is 4.21 Å². The first-order chi connectivity index (χ1) is 5.18. The van der Waals surface area contributed by atoms with Gasteiger partial charge in [0.15, 0.2) is 0 Å². The highest BCUT2D eigenvalue weighted by Crippen LogP contribution is 2.45. The Bertz CT molecular complexity index is 149. The first kappa shape index (κ1) is 9.72. The van der Waals surface area contributed by atoms with Gasteiger partial charge in [-0.15, -0.1) is 0 Å². The SMILES string of the molecule is CS(=O)CCC1(CBr)CCC1. The third-order valence-electron chi connectivity index (χ3n) is 2.62. The molecule has 0 radical (unpaired) electrons. The van der Waals surface area contributed by atoms with Crippen LogP contribution in [0.2, 0.25) is 0 Å². The molecule has 1 rings (SSSR count). The predicted octanol–water partition coefficient (Wildman–Crippen LogP) is 2.32. The van der Waals surface area contributed by atoms with Gasteiger partial charge in [-0.2, -0.15) is 0 Å². The average Bonchev–Trinajstić information content (AvgIpc) is 1.86. The second kappa shape index (κ2) is 4.04. The Morgan fingerprint density at radius 1 is 1.55 bits per heavy atom. The van der Waals surface area contributed by atoms with E-state index in [1.807, 2.05) is 0 Å². The van der Waals surface area contributed by atoms with E-state index in [-0.39, 0.29) is 0 Å². The molecule has 0 spiro atoms. The van der Waals surface area contributed by atoms with Crippen LogP contribution in [-0.4, -0.2) is 21.5 Å². The number of hydrogen-bond acceptors (Lipinski definition) is 1. The molecule has 1 aliphatic carbocycles. The summed E-state index contributed by atoms with van der Waals surface area (Å²) in [5.41, 5.74) is 0.520. The van der Waals surface area contributed by atoms with Crippen molar-refractivity contribution in [2.75, 3.05) is 17.3 Å². The summed E-state index contributed by atoms with van der Waals surface area (Å²) in [5, 5.41) is 1.09. The summed E-state index contributed by atoms with van der Waals surface area (Å²) in [7, 11) is -0.602. The smallest absolute Gasteiger partial charge is 0.0237 e. The molecule has 0 saturated heterocycles. The molecule has 11 heavy (non-hydrogen) atoms. The lowest BCUT2D eigenvalue weighted by Crippen LogP contribution is -2.32. The van der Waals surface area contributed by atoms with Crippen molar-refractivity contribution in [1.29, 1.82) is 0 Å². The lowest BCUT2D eigenvalue weighted by Gasteiger charge is -2.40. The molecule has 0 N–H and O–H groups in total. The second-order valence-electron chi connectivity index (χ2n) is 3.51. The van der Waals surface area contributed by atoms with Gasteiger partial charge in [-0.05, 0) is 24.7 Å². The summed E-state index contributed by atoms with van der Waals surface area (Å²) in [6.07, 6.45) is 6.95. The van der Waals surface area contributed by atoms with Crippen LogP contribution in [0.5, 0.6) is 0 Å². The minimum atomic E-state index is -0.602. The van der Waals surface area contributed by atoms with Gasteiger partial charge in [-0.3, -0.25) is 4.21 Å². The quantitative estimate of drug-likeness (QED) is 0.688. The molecule has 0 aromatic heterocycles. The van der Waals surface area contributed by atoms with Gasteiger partial charge in [-0.25, -0.2) is 0 Å². The van der Waals surface area contributed by atoms with E-state index in [1.54, 1.807) is 6.26 Å². The summed E-state index contributed by atoms with van der Waals surface area (Å²) in [5.74, 6) is 0.881. The summed E-state index contributed by atoms with van der Waals surface area (Å²) < 4.78 is 10.8. The maximum Gasteiger partial charge on any atom is 0.0237 e. The van der Waals surface area contributed by atoms with Crippen molar-refractivity contribution in [3.8, 4) is 0 Å². The van der Waals surface area contributed by atoms with Crippen LogP contribution in [0, 0.1) is 5.41 Å². The molecule has 0 amide bonds. The molecule has 1 atom stereocenters. The highest BCUT2D eigenvalue weighted by atomic mass is 79.9. The van der Waals surface area contributed by atoms with E-state index >= 15 is 0 Å². The van der Waals surface area contributed by atoms with Crippen LogP contribution < -0.4 is 0 Å².